The maximum Gasteiger partial charge on any atom is 0.442 e. The van der Waals surface area contributed by atoms with Crippen molar-refractivity contribution in [2.75, 3.05) is 11.9 Å². The van der Waals surface area contributed by atoms with Gasteiger partial charge in [-0.05, 0) is 17.2 Å². The van der Waals surface area contributed by atoms with E-state index in [0.717, 1.165) is 0 Å². The van der Waals surface area contributed by atoms with Gasteiger partial charge in [0.15, 0.2) is 5.69 Å². The Bertz CT molecular complexity index is 802. The van der Waals surface area contributed by atoms with Crippen molar-refractivity contribution >= 4 is 17.4 Å². The molecule has 3 aromatic rings. The maximum atomic E-state index is 11.8. The van der Waals surface area contributed by atoms with Crippen molar-refractivity contribution in [1.29, 1.82) is 0 Å². The third kappa shape index (κ3) is 2.55. The second-order valence-electron chi connectivity index (χ2n) is 4.08. The lowest BCUT2D eigenvalue weighted by Gasteiger charge is -2.01. The minimum atomic E-state index is -0.650. The van der Waals surface area contributed by atoms with Crippen LogP contribution in [0.4, 0.5) is 5.82 Å². The average Bonchev–Trinajstić information content (AvgIpc) is 3.14. The number of furan rings is 1. The zero-order valence-electron chi connectivity index (χ0n) is 10.9. The number of halogens is 1. The first-order chi connectivity index (χ1) is 10.2. The molecule has 0 saturated carbocycles. The highest BCUT2D eigenvalue weighted by atomic mass is 35.5. The predicted molar refractivity (Wildman–Crippen MR) is 71.0 cm³/mol. The van der Waals surface area contributed by atoms with Crippen molar-refractivity contribution in [3.63, 3.8) is 0 Å². The molecule has 0 spiro atoms. The molecule has 0 aliphatic rings. The minimum Gasteiger partial charge on any atom is -0.466 e. The van der Waals surface area contributed by atoms with Gasteiger partial charge < -0.3 is 9.73 Å². The normalized spacial score (nSPS) is 11.0. The molecule has 3 heterocycles. The van der Waals surface area contributed by atoms with Crippen LogP contribution in [0.2, 0.25) is 5.02 Å². The number of anilines is 1. The largest absolute Gasteiger partial charge is 0.466 e. The van der Waals surface area contributed by atoms with Crippen LogP contribution in [-0.4, -0.2) is 26.6 Å². The minimum absolute atomic E-state index is 0.100. The van der Waals surface area contributed by atoms with E-state index >= 15 is 0 Å². The van der Waals surface area contributed by atoms with E-state index in [0.29, 0.717) is 23.1 Å². The van der Waals surface area contributed by atoms with Gasteiger partial charge in [-0.15, -0.1) is 0 Å². The van der Waals surface area contributed by atoms with Crippen molar-refractivity contribution < 1.29 is 13.6 Å². The Balaban J connectivity index is 2.00. The van der Waals surface area contributed by atoms with Gasteiger partial charge in [-0.1, -0.05) is 16.8 Å². The Kier molecular flexibility index (Phi) is 3.48. The predicted octanol–water partition coefficient (Wildman–Crippen LogP) is 1.61. The van der Waals surface area contributed by atoms with Crippen LogP contribution in [0, 0.1) is 0 Å². The Morgan fingerprint density at radius 1 is 1.38 bits per heavy atom. The standard InChI is InChI=1S/C11H10ClN5O4/c1-2-13-9-8(14-21-15-9)10-16-20-11(18)17(10)4-7-3-6(12)5-19-7/h3,5H,2,4H2,1H3,(H,13,15). The number of rotatable bonds is 5. The number of nitrogens with zero attached hydrogens (tertiary/aromatic N) is 4. The Hall–Kier alpha value is -2.55. The molecule has 3 aromatic heterocycles. The highest BCUT2D eigenvalue weighted by molar-refractivity contribution is 6.30. The summed E-state index contributed by atoms with van der Waals surface area (Å²) < 4.78 is 15.8. The third-order valence-corrected chi connectivity index (χ3v) is 2.86. The van der Waals surface area contributed by atoms with Gasteiger partial charge in [-0.25, -0.2) is 14.0 Å². The summed E-state index contributed by atoms with van der Waals surface area (Å²) in [6, 6.07) is 1.59. The molecule has 0 aromatic carbocycles. The van der Waals surface area contributed by atoms with E-state index in [1.807, 2.05) is 6.92 Å². The van der Waals surface area contributed by atoms with Crippen molar-refractivity contribution in [2.24, 2.45) is 0 Å². The van der Waals surface area contributed by atoms with Gasteiger partial charge >= 0.3 is 5.76 Å². The van der Waals surface area contributed by atoms with E-state index in [9.17, 15) is 4.79 Å². The van der Waals surface area contributed by atoms with E-state index in [1.54, 1.807) is 6.07 Å². The Morgan fingerprint density at radius 3 is 2.95 bits per heavy atom. The summed E-state index contributed by atoms with van der Waals surface area (Å²) in [4.78, 5) is 11.8. The SMILES string of the molecule is CCNc1nonc1-c1noc(=O)n1Cc1cc(Cl)co1. The van der Waals surface area contributed by atoms with E-state index in [2.05, 4.69) is 29.9 Å². The first-order valence-electron chi connectivity index (χ1n) is 6.05. The van der Waals surface area contributed by atoms with Crippen LogP contribution >= 0.6 is 11.6 Å². The summed E-state index contributed by atoms with van der Waals surface area (Å²) in [5.74, 6) is 0.387. The van der Waals surface area contributed by atoms with Crippen LogP contribution in [0.3, 0.4) is 0 Å². The summed E-state index contributed by atoms with van der Waals surface area (Å²) in [6.45, 7) is 2.60. The van der Waals surface area contributed by atoms with Gasteiger partial charge in [0.2, 0.25) is 11.6 Å². The molecule has 9 nitrogen and oxygen atoms in total. The molecule has 0 saturated heterocycles. The zero-order valence-corrected chi connectivity index (χ0v) is 11.6. The molecule has 0 amide bonds. The van der Waals surface area contributed by atoms with Crippen LogP contribution in [0.15, 0.2) is 30.7 Å². The van der Waals surface area contributed by atoms with E-state index in [4.69, 9.17) is 16.0 Å². The van der Waals surface area contributed by atoms with Crippen molar-refractivity contribution in [3.8, 4) is 11.5 Å². The van der Waals surface area contributed by atoms with Crippen LogP contribution in [0.1, 0.15) is 12.7 Å². The summed E-state index contributed by atoms with van der Waals surface area (Å²) in [5.41, 5.74) is 0.278. The first kappa shape index (κ1) is 13.4. The Labute approximate surface area is 122 Å². The molecule has 0 bridgehead atoms. The fraction of sp³-hybridized carbons (Fsp3) is 0.273. The summed E-state index contributed by atoms with van der Waals surface area (Å²) >= 11 is 5.78. The lowest BCUT2D eigenvalue weighted by atomic mass is 10.3. The lowest BCUT2D eigenvalue weighted by molar-refractivity contribution is 0.309. The van der Waals surface area contributed by atoms with Gasteiger partial charge in [-0.2, -0.15) is 0 Å². The molecule has 110 valence electrons. The molecule has 0 aliphatic carbocycles. The molecule has 21 heavy (non-hydrogen) atoms. The van der Waals surface area contributed by atoms with Crippen molar-refractivity contribution in [2.45, 2.75) is 13.5 Å². The highest BCUT2D eigenvalue weighted by Gasteiger charge is 2.22. The third-order valence-electron chi connectivity index (χ3n) is 2.67. The topological polar surface area (TPSA) is 112 Å². The van der Waals surface area contributed by atoms with E-state index in [-0.39, 0.29) is 18.1 Å². The van der Waals surface area contributed by atoms with Gasteiger partial charge in [0.1, 0.15) is 12.0 Å². The Morgan fingerprint density at radius 2 is 2.24 bits per heavy atom. The number of hydrogen-bond acceptors (Lipinski definition) is 8. The molecule has 0 radical (unpaired) electrons. The molecule has 10 heteroatoms. The molecular formula is C11H10ClN5O4. The maximum absolute atomic E-state index is 11.8. The second-order valence-corrected chi connectivity index (χ2v) is 4.52. The summed E-state index contributed by atoms with van der Waals surface area (Å²) in [6.07, 6.45) is 1.37. The monoisotopic (exact) mass is 311 g/mol. The quantitative estimate of drug-likeness (QED) is 0.756. The summed E-state index contributed by atoms with van der Waals surface area (Å²) in [7, 11) is 0. The van der Waals surface area contributed by atoms with E-state index in [1.165, 1.54) is 10.8 Å². The fourth-order valence-electron chi connectivity index (χ4n) is 1.79. The van der Waals surface area contributed by atoms with Gasteiger partial charge in [0.25, 0.3) is 0 Å². The van der Waals surface area contributed by atoms with Crippen LogP contribution < -0.4 is 11.1 Å². The van der Waals surface area contributed by atoms with Crippen molar-refractivity contribution in [3.05, 3.63) is 33.7 Å². The van der Waals surface area contributed by atoms with Crippen LogP contribution in [-0.2, 0) is 6.54 Å². The number of aromatic nitrogens is 4. The molecular weight excluding hydrogens is 302 g/mol. The van der Waals surface area contributed by atoms with Crippen LogP contribution in [0.5, 0.6) is 0 Å². The molecule has 0 aliphatic heterocycles. The molecule has 0 unspecified atom stereocenters. The lowest BCUT2D eigenvalue weighted by Crippen LogP contribution is -2.16. The second kappa shape index (κ2) is 5.44. The first-order valence-corrected chi connectivity index (χ1v) is 6.43. The van der Waals surface area contributed by atoms with Gasteiger partial charge in [-0.3, -0.25) is 4.52 Å². The summed E-state index contributed by atoms with van der Waals surface area (Å²) in [5, 5.41) is 14.5. The number of nitrogens with one attached hydrogen (secondary N) is 1. The molecule has 0 fully saturated rings. The van der Waals surface area contributed by atoms with E-state index < -0.39 is 5.76 Å². The number of hydrogen-bond donors (Lipinski definition) is 1. The smallest absolute Gasteiger partial charge is 0.442 e. The van der Waals surface area contributed by atoms with Crippen molar-refractivity contribution in [1.82, 2.24) is 20.0 Å². The van der Waals surface area contributed by atoms with Gasteiger partial charge in [0.05, 0.1) is 11.6 Å². The molecule has 1 N–H and O–H groups in total. The molecule has 3 rings (SSSR count). The fourth-order valence-corrected chi connectivity index (χ4v) is 1.96. The molecule has 0 atom stereocenters. The zero-order chi connectivity index (χ0) is 14.8. The average molecular weight is 312 g/mol. The van der Waals surface area contributed by atoms with Gasteiger partial charge in [0, 0.05) is 12.6 Å². The highest BCUT2D eigenvalue weighted by Crippen LogP contribution is 2.22. The van der Waals surface area contributed by atoms with Crippen LogP contribution in [0.25, 0.3) is 11.5 Å².